The molecule has 1 aliphatic heterocycles. The van der Waals surface area contributed by atoms with Crippen molar-refractivity contribution in [1.82, 2.24) is 44.4 Å². The SMILES string of the molecule is Cc1ncc(C(=O)NCCN2CCOC[C@H]2C)cc1Nc1nn(C)c2c1cnn1cc(-c3cnn(C)c3)cc21. The Morgan fingerprint density at radius 2 is 2.00 bits per heavy atom. The van der Waals surface area contributed by atoms with Crippen LogP contribution in [0.3, 0.4) is 0 Å². The van der Waals surface area contributed by atoms with Gasteiger partial charge in [-0.15, -0.1) is 0 Å². The fraction of sp³-hybridized carbons (Fsp3) is 0.370. The smallest absolute Gasteiger partial charge is 0.252 e. The molecule has 0 aromatic carbocycles. The Bertz CT molecular complexity index is 1670. The first-order chi connectivity index (χ1) is 18.9. The van der Waals surface area contributed by atoms with Crippen LogP contribution in [-0.4, -0.2) is 83.9 Å². The van der Waals surface area contributed by atoms with Gasteiger partial charge < -0.3 is 15.4 Å². The van der Waals surface area contributed by atoms with Crippen LogP contribution >= 0.6 is 0 Å². The second-order valence-corrected chi connectivity index (χ2v) is 10.0. The van der Waals surface area contributed by atoms with Gasteiger partial charge >= 0.3 is 0 Å². The molecule has 6 rings (SSSR count). The van der Waals surface area contributed by atoms with Crippen molar-refractivity contribution < 1.29 is 9.53 Å². The van der Waals surface area contributed by atoms with Gasteiger partial charge in [0, 0.05) is 69.5 Å². The number of hydrogen-bond donors (Lipinski definition) is 2. The van der Waals surface area contributed by atoms with Crippen molar-refractivity contribution in [2.45, 2.75) is 19.9 Å². The van der Waals surface area contributed by atoms with Gasteiger partial charge in [0.1, 0.15) is 0 Å². The summed E-state index contributed by atoms with van der Waals surface area (Å²) in [5.74, 6) is 0.493. The number of aryl methyl sites for hydroxylation is 3. The summed E-state index contributed by atoms with van der Waals surface area (Å²) in [6, 6.07) is 4.26. The van der Waals surface area contributed by atoms with Crippen molar-refractivity contribution in [2.24, 2.45) is 14.1 Å². The third-order valence-corrected chi connectivity index (χ3v) is 7.27. The number of fused-ring (bicyclic) bond motifs is 3. The van der Waals surface area contributed by atoms with E-state index in [1.165, 1.54) is 0 Å². The Hall–Kier alpha value is -4.29. The summed E-state index contributed by atoms with van der Waals surface area (Å²) in [4.78, 5) is 19.7. The Kier molecular flexibility index (Phi) is 6.49. The molecule has 1 amide bonds. The highest BCUT2D eigenvalue weighted by Crippen LogP contribution is 2.31. The van der Waals surface area contributed by atoms with Gasteiger partial charge in [-0.3, -0.25) is 24.0 Å². The summed E-state index contributed by atoms with van der Waals surface area (Å²) in [7, 11) is 3.81. The molecule has 202 valence electrons. The van der Waals surface area contributed by atoms with Crippen molar-refractivity contribution in [3.05, 3.63) is 54.4 Å². The summed E-state index contributed by atoms with van der Waals surface area (Å²) in [6.45, 7) is 7.72. The Labute approximate surface area is 225 Å². The molecule has 12 heteroatoms. The first-order valence-electron chi connectivity index (χ1n) is 13.0. The summed E-state index contributed by atoms with van der Waals surface area (Å²) >= 11 is 0. The lowest BCUT2D eigenvalue weighted by atomic mass is 10.2. The molecule has 5 aromatic rings. The van der Waals surface area contributed by atoms with E-state index in [2.05, 4.69) is 43.7 Å². The molecule has 0 radical (unpaired) electrons. The van der Waals surface area contributed by atoms with Crippen molar-refractivity contribution >= 4 is 33.8 Å². The molecule has 6 heterocycles. The summed E-state index contributed by atoms with van der Waals surface area (Å²) in [5.41, 5.74) is 5.91. The molecule has 1 saturated heterocycles. The quantitative estimate of drug-likeness (QED) is 0.331. The van der Waals surface area contributed by atoms with Crippen LogP contribution < -0.4 is 10.6 Å². The maximum atomic E-state index is 12.9. The highest BCUT2D eigenvalue weighted by molar-refractivity contribution is 6.01. The second-order valence-electron chi connectivity index (χ2n) is 10.0. The molecule has 1 aliphatic rings. The van der Waals surface area contributed by atoms with Gasteiger partial charge in [-0.2, -0.15) is 15.3 Å². The number of amides is 1. The number of ether oxygens (including phenoxy) is 1. The zero-order valence-corrected chi connectivity index (χ0v) is 22.5. The average Bonchev–Trinajstić information content (AvgIpc) is 3.63. The standard InChI is InChI=1S/C27H32N10O2/c1-17-16-39-8-7-36(17)6-5-28-27(38)19-9-23(18(2)29-11-19)32-26-22-13-31-37-15-20(21-12-30-34(3)14-21)10-24(37)25(22)35(4)33-26/h9-15,17H,5-8,16H2,1-4H3,(H,28,38)(H,32,33)/t17-/m1/s1. The number of carbonyl (C=O) groups is 1. The minimum atomic E-state index is -0.156. The lowest BCUT2D eigenvalue weighted by Crippen LogP contribution is -2.46. The Balaban J connectivity index is 1.22. The van der Waals surface area contributed by atoms with Crippen LogP contribution in [0.1, 0.15) is 23.0 Å². The van der Waals surface area contributed by atoms with E-state index in [0.717, 1.165) is 65.2 Å². The maximum Gasteiger partial charge on any atom is 0.252 e. The summed E-state index contributed by atoms with van der Waals surface area (Å²) in [5, 5.41) is 20.9. The van der Waals surface area contributed by atoms with E-state index in [0.29, 0.717) is 24.0 Å². The van der Waals surface area contributed by atoms with Gasteiger partial charge in [-0.25, -0.2) is 4.52 Å². The zero-order chi connectivity index (χ0) is 27.1. The molecule has 39 heavy (non-hydrogen) atoms. The fourth-order valence-corrected chi connectivity index (χ4v) is 5.05. The van der Waals surface area contributed by atoms with Crippen LogP contribution in [0.25, 0.3) is 27.5 Å². The van der Waals surface area contributed by atoms with Crippen LogP contribution in [0.2, 0.25) is 0 Å². The number of aromatic nitrogens is 7. The first-order valence-corrected chi connectivity index (χ1v) is 13.0. The number of anilines is 2. The number of nitrogens with one attached hydrogen (secondary N) is 2. The highest BCUT2D eigenvalue weighted by Gasteiger charge is 2.19. The van der Waals surface area contributed by atoms with Gasteiger partial charge in [-0.05, 0) is 26.0 Å². The van der Waals surface area contributed by atoms with Crippen LogP contribution in [-0.2, 0) is 18.8 Å². The summed E-state index contributed by atoms with van der Waals surface area (Å²) in [6.07, 6.45) is 9.21. The van der Waals surface area contributed by atoms with Crippen LogP contribution in [0.4, 0.5) is 11.5 Å². The number of nitrogens with zero attached hydrogens (tertiary/aromatic N) is 8. The normalized spacial score (nSPS) is 16.3. The van der Waals surface area contributed by atoms with Gasteiger partial charge in [-0.1, -0.05) is 0 Å². The summed E-state index contributed by atoms with van der Waals surface area (Å²) < 4.78 is 11.0. The van der Waals surface area contributed by atoms with Gasteiger partial charge in [0.05, 0.1) is 59.0 Å². The largest absolute Gasteiger partial charge is 0.379 e. The molecular weight excluding hydrogens is 496 g/mol. The number of hydrogen-bond acceptors (Lipinski definition) is 8. The lowest BCUT2D eigenvalue weighted by Gasteiger charge is -2.33. The van der Waals surface area contributed by atoms with Gasteiger partial charge in [0.25, 0.3) is 5.91 Å². The molecule has 1 atom stereocenters. The third kappa shape index (κ3) is 4.84. The number of morpholine rings is 1. The Morgan fingerprint density at radius 3 is 2.79 bits per heavy atom. The van der Waals surface area contributed by atoms with Gasteiger partial charge in [0.2, 0.25) is 0 Å². The number of rotatable bonds is 7. The van der Waals surface area contributed by atoms with E-state index >= 15 is 0 Å². The minimum absolute atomic E-state index is 0.156. The number of pyridine rings is 1. The number of carbonyl (C=O) groups excluding carboxylic acids is 1. The predicted octanol–water partition coefficient (Wildman–Crippen LogP) is 2.52. The van der Waals surface area contributed by atoms with Crippen molar-refractivity contribution in [2.75, 3.05) is 38.2 Å². The van der Waals surface area contributed by atoms with Gasteiger partial charge in [0.15, 0.2) is 5.82 Å². The monoisotopic (exact) mass is 528 g/mol. The molecule has 0 bridgehead atoms. The van der Waals surface area contributed by atoms with E-state index in [-0.39, 0.29) is 5.91 Å². The van der Waals surface area contributed by atoms with E-state index in [9.17, 15) is 4.79 Å². The van der Waals surface area contributed by atoms with Crippen molar-refractivity contribution in [3.8, 4) is 11.1 Å². The van der Waals surface area contributed by atoms with E-state index in [1.54, 1.807) is 17.1 Å². The van der Waals surface area contributed by atoms with E-state index in [1.807, 2.05) is 54.9 Å². The molecule has 0 saturated carbocycles. The molecule has 0 aliphatic carbocycles. The van der Waals surface area contributed by atoms with Crippen LogP contribution in [0.5, 0.6) is 0 Å². The molecule has 12 nitrogen and oxygen atoms in total. The minimum Gasteiger partial charge on any atom is -0.379 e. The predicted molar refractivity (Wildman–Crippen MR) is 148 cm³/mol. The van der Waals surface area contributed by atoms with E-state index < -0.39 is 0 Å². The topological polar surface area (TPSA) is 119 Å². The van der Waals surface area contributed by atoms with Crippen LogP contribution in [0.15, 0.2) is 43.1 Å². The molecule has 2 N–H and O–H groups in total. The molecule has 5 aromatic heterocycles. The molecule has 0 spiro atoms. The van der Waals surface area contributed by atoms with Crippen molar-refractivity contribution in [1.29, 1.82) is 0 Å². The lowest BCUT2D eigenvalue weighted by molar-refractivity contribution is 0.000540. The van der Waals surface area contributed by atoms with Crippen molar-refractivity contribution in [3.63, 3.8) is 0 Å². The highest BCUT2D eigenvalue weighted by atomic mass is 16.5. The Morgan fingerprint density at radius 1 is 1.13 bits per heavy atom. The van der Waals surface area contributed by atoms with E-state index in [4.69, 9.17) is 9.84 Å². The molecule has 1 fully saturated rings. The zero-order valence-electron chi connectivity index (χ0n) is 22.5. The second kappa shape index (κ2) is 10.1. The fourth-order valence-electron chi connectivity index (χ4n) is 5.05. The maximum absolute atomic E-state index is 12.9. The van der Waals surface area contributed by atoms with Crippen LogP contribution in [0, 0.1) is 6.92 Å². The molecular formula is C27H32N10O2. The molecule has 0 unspecified atom stereocenters. The first kappa shape index (κ1) is 25.0. The average molecular weight is 529 g/mol. The third-order valence-electron chi connectivity index (χ3n) is 7.27.